The fraction of sp³-hybridized carbons (Fsp3) is 0.562. The van der Waals surface area contributed by atoms with Gasteiger partial charge in [0.2, 0.25) is 5.91 Å². The molecule has 1 aromatic rings. The minimum absolute atomic E-state index is 0.101. The van der Waals surface area contributed by atoms with E-state index in [1.165, 1.54) is 11.1 Å². The summed E-state index contributed by atoms with van der Waals surface area (Å²) in [6, 6.07) is 4.33. The summed E-state index contributed by atoms with van der Waals surface area (Å²) in [5.41, 5.74) is 9.19. The molecule has 4 heteroatoms. The van der Waals surface area contributed by atoms with E-state index in [0.29, 0.717) is 12.5 Å². The largest absolute Gasteiger partial charge is 0.491 e. The van der Waals surface area contributed by atoms with Crippen molar-refractivity contribution in [2.24, 2.45) is 11.7 Å². The molecule has 0 radical (unpaired) electrons. The van der Waals surface area contributed by atoms with Crippen molar-refractivity contribution in [3.05, 3.63) is 23.3 Å². The molecule has 0 aromatic heterocycles. The number of hydrogen-bond donors (Lipinski definition) is 1. The monoisotopic (exact) mass is 274 g/mol. The van der Waals surface area contributed by atoms with Crippen LogP contribution in [0.3, 0.4) is 0 Å². The fourth-order valence-corrected chi connectivity index (χ4v) is 3.37. The number of nitrogens with two attached hydrogens (primary N) is 1. The summed E-state index contributed by atoms with van der Waals surface area (Å²) in [7, 11) is 0. The van der Waals surface area contributed by atoms with Gasteiger partial charge in [0.1, 0.15) is 5.75 Å². The summed E-state index contributed by atoms with van der Waals surface area (Å²) in [4.78, 5) is 13.9. The first-order chi connectivity index (χ1) is 9.70. The van der Waals surface area contributed by atoms with Gasteiger partial charge < -0.3 is 15.4 Å². The van der Waals surface area contributed by atoms with Crippen LogP contribution in [0.2, 0.25) is 0 Å². The molecule has 0 saturated carbocycles. The summed E-state index contributed by atoms with van der Waals surface area (Å²) >= 11 is 0. The lowest BCUT2D eigenvalue weighted by atomic mass is 9.93. The highest BCUT2D eigenvalue weighted by Gasteiger charge is 2.29. The van der Waals surface area contributed by atoms with Crippen molar-refractivity contribution in [2.45, 2.75) is 32.6 Å². The highest BCUT2D eigenvalue weighted by molar-refractivity contribution is 5.95. The SMILES string of the molecule is CC(=O)N1CCC(CCN)Cc2ccc3c(c21)OCC3. The molecule has 0 fully saturated rings. The number of benzene rings is 1. The van der Waals surface area contributed by atoms with E-state index in [-0.39, 0.29) is 5.91 Å². The molecular weight excluding hydrogens is 252 g/mol. The summed E-state index contributed by atoms with van der Waals surface area (Å²) in [5, 5.41) is 0. The van der Waals surface area contributed by atoms with Gasteiger partial charge in [-0.15, -0.1) is 0 Å². The van der Waals surface area contributed by atoms with E-state index in [2.05, 4.69) is 12.1 Å². The number of rotatable bonds is 2. The minimum atomic E-state index is 0.101. The number of ether oxygens (including phenoxy) is 1. The molecular formula is C16H22N2O2. The lowest BCUT2D eigenvalue weighted by molar-refractivity contribution is -0.116. The second-order valence-electron chi connectivity index (χ2n) is 5.77. The van der Waals surface area contributed by atoms with Crippen LogP contribution in [0.15, 0.2) is 12.1 Å². The summed E-state index contributed by atoms with van der Waals surface area (Å²) < 4.78 is 5.81. The molecule has 0 aliphatic carbocycles. The molecule has 4 nitrogen and oxygen atoms in total. The summed E-state index contributed by atoms with van der Waals surface area (Å²) in [6.45, 7) is 3.85. The van der Waals surface area contributed by atoms with Gasteiger partial charge in [0, 0.05) is 19.9 Å². The predicted octanol–water partition coefficient (Wildman–Crippen LogP) is 1.89. The third-order valence-electron chi connectivity index (χ3n) is 4.41. The molecule has 0 saturated heterocycles. The normalized spacial score (nSPS) is 20.9. The molecule has 1 aromatic carbocycles. The number of fused-ring (bicyclic) bond motifs is 3. The molecule has 0 bridgehead atoms. The summed E-state index contributed by atoms with van der Waals surface area (Å²) in [5.74, 6) is 1.59. The van der Waals surface area contributed by atoms with Gasteiger partial charge in [-0.1, -0.05) is 12.1 Å². The minimum Gasteiger partial charge on any atom is -0.491 e. The first-order valence-corrected chi connectivity index (χ1v) is 7.46. The van der Waals surface area contributed by atoms with Crippen LogP contribution in [0.4, 0.5) is 5.69 Å². The van der Waals surface area contributed by atoms with E-state index in [9.17, 15) is 4.79 Å². The lowest BCUT2D eigenvalue weighted by Gasteiger charge is -2.23. The highest BCUT2D eigenvalue weighted by atomic mass is 16.5. The van der Waals surface area contributed by atoms with Gasteiger partial charge in [0.05, 0.1) is 12.3 Å². The highest BCUT2D eigenvalue weighted by Crippen LogP contribution is 2.42. The predicted molar refractivity (Wildman–Crippen MR) is 79.2 cm³/mol. The first kappa shape index (κ1) is 13.4. The number of carbonyl (C=O) groups is 1. The van der Waals surface area contributed by atoms with Crippen LogP contribution < -0.4 is 15.4 Å². The smallest absolute Gasteiger partial charge is 0.223 e. The van der Waals surface area contributed by atoms with Crippen molar-refractivity contribution in [3.63, 3.8) is 0 Å². The maximum atomic E-state index is 12.0. The second kappa shape index (κ2) is 5.44. The third kappa shape index (κ3) is 2.29. The molecule has 2 aliphatic rings. The Balaban J connectivity index is 2.04. The Morgan fingerprint density at radius 2 is 2.25 bits per heavy atom. The molecule has 2 aliphatic heterocycles. The Hall–Kier alpha value is -1.55. The van der Waals surface area contributed by atoms with Gasteiger partial charge >= 0.3 is 0 Å². The van der Waals surface area contributed by atoms with Crippen molar-refractivity contribution < 1.29 is 9.53 Å². The Labute approximate surface area is 119 Å². The van der Waals surface area contributed by atoms with E-state index in [1.54, 1.807) is 6.92 Å². The van der Waals surface area contributed by atoms with Gasteiger partial charge in [-0.3, -0.25) is 4.79 Å². The molecule has 0 spiro atoms. The quantitative estimate of drug-likeness (QED) is 0.896. The number of hydrogen-bond acceptors (Lipinski definition) is 3. The average Bonchev–Trinajstić information content (AvgIpc) is 2.81. The van der Waals surface area contributed by atoms with Crippen molar-refractivity contribution in [1.82, 2.24) is 0 Å². The van der Waals surface area contributed by atoms with Crippen LogP contribution in [0.25, 0.3) is 0 Å². The molecule has 108 valence electrons. The van der Waals surface area contributed by atoms with Crippen molar-refractivity contribution in [3.8, 4) is 5.75 Å². The zero-order valence-corrected chi connectivity index (χ0v) is 12.0. The molecule has 20 heavy (non-hydrogen) atoms. The Morgan fingerprint density at radius 3 is 3.00 bits per heavy atom. The van der Waals surface area contributed by atoms with Gasteiger partial charge in [0.15, 0.2) is 0 Å². The molecule has 2 heterocycles. The molecule has 1 amide bonds. The van der Waals surface area contributed by atoms with Crippen molar-refractivity contribution in [2.75, 3.05) is 24.6 Å². The standard InChI is InChI=1S/C16H22N2O2/c1-11(19)18-8-5-12(4-7-17)10-14-3-2-13-6-9-20-16(13)15(14)18/h2-3,12H,4-10,17H2,1H3. The van der Waals surface area contributed by atoms with Crippen LogP contribution in [0, 0.1) is 5.92 Å². The summed E-state index contributed by atoms with van der Waals surface area (Å²) in [6.07, 6.45) is 3.97. The van der Waals surface area contributed by atoms with Crippen LogP contribution in [0.5, 0.6) is 5.75 Å². The molecule has 2 N–H and O–H groups in total. The van der Waals surface area contributed by atoms with Crippen LogP contribution in [-0.2, 0) is 17.6 Å². The number of carbonyl (C=O) groups excluding carboxylic acids is 1. The van der Waals surface area contributed by atoms with Gasteiger partial charge in [-0.25, -0.2) is 0 Å². The zero-order valence-electron chi connectivity index (χ0n) is 12.0. The van der Waals surface area contributed by atoms with E-state index in [0.717, 1.165) is 50.3 Å². The molecule has 3 rings (SSSR count). The maximum Gasteiger partial charge on any atom is 0.223 e. The Morgan fingerprint density at radius 1 is 1.45 bits per heavy atom. The van der Waals surface area contributed by atoms with Gasteiger partial charge in [-0.05, 0) is 42.9 Å². The number of nitrogens with zero attached hydrogens (tertiary/aromatic N) is 1. The topological polar surface area (TPSA) is 55.6 Å². The van der Waals surface area contributed by atoms with Crippen molar-refractivity contribution in [1.29, 1.82) is 0 Å². The van der Waals surface area contributed by atoms with Gasteiger partial charge in [0.25, 0.3) is 0 Å². The molecule has 1 unspecified atom stereocenters. The number of anilines is 1. The third-order valence-corrected chi connectivity index (χ3v) is 4.41. The Bertz CT molecular complexity index is 527. The number of amides is 1. The lowest BCUT2D eigenvalue weighted by Crippen LogP contribution is -2.30. The van der Waals surface area contributed by atoms with E-state index in [4.69, 9.17) is 10.5 Å². The second-order valence-corrected chi connectivity index (χ2v) is 5.77. The van der Waals surface area contributed by atoms with Crippen LogP contribution in [0.1, 0.15) is 30.9 Å². The average molecular weight is 274 g/mol. The molecule has 1 atom stereocenters. The van der Waals surface area contributed by atoms with E-state index in [1.807, 2.05) is 4.90 Å². The fourth-order valence-electron chi connectivity index (χ4n) is 3.37. The van der Waals surface area contributed by atoms with Gasteiger partial charge in [-0.2, -0.15) is 0 Å². The van der Waals surface area contributed by atoms with E-state index < -0.39 is 0 Å². The van der Waals surface area contributed by atoms with E-state index >= 15 is 0 Å². The van der Waals surface area contributed by atoms with Crippen LogP contribution in [-0.4, -0.2) is 25.6 Å². The Kier molecular flexibility index (Phi) is 3.66. The maximum absolute atomic E-state index is 12.0. The first-order valence-electron chi connectivity index (χ1n) is 7.46. The van der Waals surface area contributed by atoms with Crippen LogP contribution >= 0.6 is 0 Å². The zero-order chi connectivity index (χ0) is 14.1. The van der Waals surface area contributed by atoms with Crippen molar-refractivity contribution >= 4 is 11.6 Å².